The maximum atomic E-state index is 11.8. The van der Waals surface area contributed by atoms with E-state index in [1.54, 1.807) is 0 Å². The van der Waals surface area contributed by atoms with Crippen LogP contribution in [0.5, 0.6) is 0 Å². The summed E-state index contributed by atoms with van der Waals surface area (Å²) in [5, 5.41) is 19.5. The second-order valence-corrected chi connectivity index (χ2v) is 4.38. The number of nitrogens with two attached hydrogens (primary N) is 1. The number of nitrogen functional groups attached to an aromatic ring is 1. The third-order valence-electron chi connectivity index (χ3n) is 3.25. The van der Waals surface area contributed by atoms with Crippen LogP contribution in [0.2, 0.25) is 0 Å². The molecule has 4 atom stereocenters. The van der Waals surface area contributed by atoms with Gasteiger partial charge in [-0.25, -0.2) is 4.79 Å². The number of anilines is 1. The highest BCUT2D eigenvalue weighted by Crippen LogP contribution is 2.40. The Morgan fingerprint density at radius 1 is 1.60 bits per heavy atom. The Hall–Kier alpha value is -2.32. The van der Waals surface area contributed by atoms with Crippen molar-refractivity contribution in [2.24, 2.45) is 5.92 Å². The minimum atomic E-state index is -1.65. The van der Waals surface area contributed by atoms with Gasteiger partial charge in [0, 0.05) is 6.20 Å². The molecule has 1 saturated heterocycles. The SMILES string of the molecule is C#C[C@H]1[C@H](n2ccc(N)nc2=O)O[C@](C#C)(CO)[C@H]1O. The van der Waals surface area contributed by atoms with E-state index in [4.69, 9.17) is 23.3 Å². The molecule has 0 radical (unpaired) electrons. The van der Waals surface area contributed by atoms with Gasteiger partial charge in [0.05, 0.1) is 12.5 Å². The minimum Gasteiger partial charge on any atom is -0.392 e. The average molecular weight is 275 g/mol. The Morgan fingerprint density at radius 3 is 2.80 bits per heavy atom. The molecule has 0 bridgehead atoms. The number of rotatable bonds is 2. The second kappa shape index (κ2) is 4.99. The van der Waals surface area contributed by atoms with Crippen molar-refractivity contribution >= 4 is 5.82 Å². The van der Waals surface area contributed by atoms with E-state index in [0.29, 0.717) is 0 Å². The average Bonchev–Trinajstić information content (AvgIpc) is 2.71. The summed E-state index contributed by atoms with van der Waals surface area (Å²) in [4.78, 5) is 15.4. The van der Waals surface area contributed by atoms with Crippen LogP contribution in [0.1, 0.15) is 6.23 Å². The first-order chi connectivity index (χ1) is 9.49. The lowest BCUT2D eigenvalue weighted by atomic mass is 9.91. The molecule has 0 saturated carbocycles. The van der Waals surface area contributed by atoms with Crippen molar-refractivity contribution in [3.8, 4) is 24.7 Å². The molecular formula is C13H13N3O4. The molecule has 2 rings (SSSR count). The van der Waals surface area contributed by atoms with Crippen LogP contribution in [0.3, 0.4) is 0 Å². The quantitative estimate of drug-likeness (QED) is 0.557. The van der Waals surface area contributed by atoms with E-state index in [9.17, 15) is 15.0 Å². The molecule has 0 unspecified atom stereocenters. The Morgan fingerprint density at radius 2 is 2.30 bits per heavy atom. The number of aromatic nitrogens is 2. The van der Waals surface area contributed by atoms with Gasteiger partial charge in [-0.3, -0.25) is 4.57 Å². The first kappa shape index (κ1) is 14.1. The van der Waals surface area contributed by atoms with Gasteiger partial charge < -0.3 is 20.7 Å². The molecule has 1 aromatic heterocycles. The van der Waals surface area contributed by atoms with E-state index in [1.807, 2.05) is 0 Å². The summed E-state index contributed by atoms with van der Waals surface area (Å²) in [6.07, 6.45) is 9.67. The molecule has 0 aromatic carbocycles. The van der Waals surface area contributed by atoms with Crippen molar-refractivity contribution in [3.05, 3.63) is 22.7 Å². The fourth-order valence-corrected chi connectivity index (χ4v) is 2.12. The van der Waals surface area contributed by atoms with Crippen LogP contribution in [0, 0.1) is 30.6 Å². The third kappa shape index (κ3) is 1.95. The zero-order chi connectivity index (χ0) is 14.9. The van der Waals surface area contributed by atoms with Crippen LogP contribution in [-0.4, -0.2) is 38.1 Å². The molecule has 0 amide bonds. The maximum absolute atomic E-state index is 11.8. The first-order valence-electron chi connectivity index (χ1n) is 5.74. The molecular weight excluding hydrogens is 262 g/mol. The summed E-state index contributed by atoms with van der Waals surface area (Å²) in [5.74, 6) is 3.67. The maximum Gasteiger partial charge on any atom is 0.351 e. The summed E-state index contributed by atoms with van der Waals surface area (Å²) in [5.41, 5.74) is 3.06. The van der Waals surface area contributed by atoms with Crippen molar-refractivity contribution in [1.82, 2.24) is 9.55 Å². The number of hydrogen-bond donors (Lipinski definition) is 3. The number of aliphatic hydroxyl groups is 2. The van der Waals surface area contributed by atoms with Crippen molar-refractivity contribution in [3.63, 3.8) is 0 Å². The van der Waals surface area contributed by atoms with E-state index in [0.717, 1.165) is 4.57 Å². The Labute approximate surface area is 115 Å². The fourth-order valence-electron chi connectivity index (χ4n) is 2.12. The van der Waals surface area contributed by atoms with Crippen LogP contribution in [0.4, 0.5) is 5.82 Å². The van der Waals surface area contributed by atoms with Gasteiger partial charge >= 0.3 is 5.69 Å². The van der Waals surface area contributed by atoms with E-state index in [-0.39, 0.29) is 5.82 Å². The molecule has 104 valence electrons. The predicted molar refractivity (Wildman–Crippen MR) is 70.0 cm³/mol. The van der Waals surface area contributed by atoms with Gasteiger partial charge in [-0.15, -0.1) is 12.8 Å². The van der Waals surface area contributed by atoms with Gasteiger partial charge in [0.2, 0.25) is 0 Å². The summed E-state index contributed by atoms with van der Waals surface area (Å²) in [6, 6.07) is 1.39. The Bertz CT molecular complexity index is 657. The van der Waals surface area contributed by atoms with Gasteiger partial charge in [-0.1, -0.05) is 11.8 Å². The van der Waals surface area contributed by atoms with Gasteiger partial charge in [0.25, 0.3) is 0 Å². The molecule has 0 spiro atoms. The number of nitrogens with zero attached hydrogens (tertiary/aromatic N) is 2. The fraction of sp³-hybridized carbons (Fsp3) is 0.385. The number of terminal acetylenes is 2. The van der Waals surface area contributed by atoms with E-state index in [1.165, 1.54) is 12.3 Å². The molecule has 7 heteroatoms. The van der Waals surface area contributed by atoms with Gasteiger partial charge in [0.1, 0.15) is 11.9 Å². The molecule has 1 aliphatic rings. The number of hydrogen-bond acceptors (Lipinski definition) is 6. The highest BCUT2D eigenvalue weighted by molar-refractivity contribution is 5.25. The first-order valence-corrected chi connectivity index (χ1v) is 5.74. The van der Waals surface area contributed by atoms with Gasteiger partial charge in [-0.05, 0) is 6.07 Å². The highest BCUT2D eigenvalue weighted by Gasteiger charge is 2.54. The van der Waals surface area contributed by atoms with Gasteiger partial charge in [-0.2, -0.15) is 4.98 Å². The molecule has 1 aromatic rings. The van der Waals surface area contributed by atoms with Crippen molar-refractivity contribution in [2.45, 2.75) is 17.9 Å². The monoisotopic (exact) mass is 275 g/mol. The van der Waals surface area contributed by atoms with Gasteiger partial charge in [0.15, 0.2) is 11.8 Å². The molecule has 7 nitrogen and oxygen atoms in total. The molecule has 1 fully saturated rings. The van der Waals surface area contributed by atoms with E-state index in [2.05, 4.69) is 16.8 Å². The molecule has 20 heavy (non-hydrogen) atoms. The Balaban J connectivity index is 2.50. The second-order valence-electron chi connectivity index (χ2n) is 4.38. The summed E-state index contributed by atoms with van der Waals surface area (Å²) < 4.78 is 6.56. The van der Waals surface area contributed by atoms with E-state index >= 15 is 0 Å². The van der Waals surface area contributed by atoms with Crippen LogP contribution in [0.15, 0.2) is 17.1 Å². The number of ether oxygens (including phenoxy) is 1. The Kier molecular flexibility index (Phi) is 3.51. The molecule has 0 aliphatic carbocycles. The van der Waals surface area contributed by atoms with Crippen LogP contribution < -0.4 is 11.4 Å². The number of aliphatic hydroxyl groups excluding tert-OH is 2. The highest BCUT2D eigenvalue weighted by atomic mass is 16.6. The largest absolute Gasteiger partial charge is 0.392 e. The zero-order valence-electron chi connectivity index (χ0n) is 10.4. The molecule has 1 aliphatic heterocycles. The predicted octanol–water partition coefficient (Wildman–Crippen LogP) is -1.67. The van der Waals surface area contributed by atoms with Crippen molar-refractivity contribution in [1.29, 1.82) is 0 Å². The van der Waals surface area contributed by atoms with Crippen LogP contribution in [0.25, 0.3) is 0 Å². The smallest absolute Gasteiger partial charge is 0.351 e. The summed E-state index contributed by atoms with van der Waals surface area (Å²) >= 11 is 0. The zero-order valence-corrected chi connectivity index (χ0v) is 10.4. The summed E-state index contributed by atoms with van der Waals surface area (Å²) in [7, 11) is 0. The lowest BCUT2D eigenvalue weighted by molar-refractivity contribution is -0.0916. The molecule has 2 heterocycles. The normalized spacial score (nSPS) is 32.5. The third-order valence-corrected chi connectivity index (χ3v) is 3.25. The topological polar surface area (TPSA) is 111 Å². The molecule has 4 N–H and O–H groups in total. The van der Waals surface area contributed by atoms with Crippen molar-refractivity contribution < 1.29 is 14.9 Å². The van der Waals surface area contributed by atoms with Crippen LogP contribution >= 0.6 is 0 Å². The standard InChI is InChI=1S/C13H13N3O4/c1-3-8-10(18)13(4-2,7-17)20-11(8)16-6-5-9(14)15-12(16)19/h1-2,5-6,8,10-11,17-18H,7H2,(H2,14,15,19)/t8-,10+,11-,13-/m1/s1. The lowest BCUT2D eigenvalue weighted by Gasteiger charge is -2.23. The van der Waals surface area contributed by atoms with Crippen molar-refractivity contribution in [2.75, 3.05) is 12.3 Å². The van der Waals surface area contributed by atoms with E-state index < -0.39 is 36.1 Å². The van der Waals surface area contributed by atoms with Crippen LogP contribution in [-0.2, 0) is 4.74 Å². The summed E-state index contributed by atoms with van der Waals surface area (Å²) in [6.45, 7) is -0.628. The lowest BCUT2D eigenvalue weighted by Crippen LogP contribution is -2.43. The minimum absolute atomic E-state index is 0.0485.